The van der Waals surface area contributed by atoms with Crippen LogP contribution in [-0.2, 0) is 11.2 Å². The normalized spacial score (nSPS) is 29.5. The summed E-state index contributed by atoms with van der Waals surface area (Å²) >= 11 is 0. The molecule has 1 amide bonds. The molecule has 1 saturated heterocycles. The smallest absolute Gasteiger partial charge is 0.227 e. The first-order chi connectivity index (χ1) is 9.15. The fraction of sp³-hybridized carbons (Fsp3) is 0.533. The Labute approximate surface area is 112 Å². The third-order valence-electron chi connectivity index (χ3n) is 4.51. The fourth-order valence-electron chi connectivity index (χ4n) is 3.38. The second-order valence-electron chi connectivity index (χ2n) is 5.67. The summed E-state index contributed by atoms with van der Waals surface area (Å²) in [6, 6.07) is 6.95. The standard InChI is InChI=1S/C15H19NO3/c17-13-4-2-1-3-10(13)7-15(19)16-8-11-5-6-14(18)12(11)9-16/h1-4,11-12,14,17-18H,5-9H2. The number of carbonyl (C=O) groups is 1. The summed E-state index contributed by atoms with van der Waals surface area (Å²) in [4.78, 5) is 14.1. The van der Waals surface area contributed by atoms with Gasteiger partial charge >= 0.3 is 0 Å². The zero-order valence-electron chi connectivity index (χ0n) is 10.8. The molecule has 4 nitrogen and oxygen atoms in total. The first-order valence-electron chi connectivity index (χ1n) is 6.88. The molecular formula is C15H19NO3. The van der Waals surface area contributed by atoms with Crippen molar-refractivity contribution < 1.29 is 15.0 Å². The quantitative estimate of drug-likeness (QED) is 0.840. The van der Waals surface area contributed by atoms with Crippen LogP contribution in [0.4, 0.5) is 0 Å². The van der Waals surface area contributed by atoms with E-state index in [4.69, 9.17) is 0 Å². The van der Waals surface area contributed by atoms with Crippen LogP contribution in [0.3, 0.4) is 0 Å². The van der Waals surface area contributed by atoms with Crippen molar-refractivity contribution in [3.63, 3.8) is 0 Å². The van der Waals surface area contributed by atoms with Gasteiger partial charge in [0, 0.05) is 24.6 Å². The van der Waals surface area contributed by atoms with Crippen LogP contribution in [0.5, 0.6) is 5.75 Å². The van der Waals surface area contributed by atoms with Crippen LogP contribution < -0.4 is 0 Å². The van der Waals surface area contributed by atoms with E-state index >= 15 is 0 Å². The topological polar surface area (TPSA) is 60.8 Å². The van der Waals surface area contributed by atoms with E-state index in [1.807, 2.05) is 11.0 Å². The summed E-state index contributed by atoms with van der Waals surface area (Å²) in [6.45, 7) is 1.42. The number of benzene rings is 1. The van der Waals surface area contributed by atoms with Crippen LogP contribution in [0.2, 0.25) is 0 Å². The molecule has 19 heavy (non-hydrogen) atoms. The zero-order valence-corrected chi connectivity index (χ0v) is 10.8. The molecule has 2 aliphatic rings. The lowest BCUT2D eigenvalue weighted by Crippen LogP contribution is -2.32. The lowest BCUT2D eigenvalue weighted by atomic mass is 10.00. The lowest BCUT2D eigenvalue weighted by Gasteiger charge is -2.18. The Morgan fingerprint density at radius 3 is 2.79 bits per heavy atom. The Bertz CT molecular complexity index is 488. The van der Waals surface area contributed by atoms with Crippen LogP contribution in [0.15, 0.2) is 24.3 Å². The Morgan fingerprint density at radius 1 is 1.26 bits per heavy atom. The SMILES string of the molecule is O=C(Cc1ccccc1O)N1CC2CCC(O)C2C1. The van der Waals surface area contributed by atoms with Gasteiger partial charge in [0.1, 0.15) is 5.75 Å². The second kappa shape index (κ2) is 4.85. The number of phenols is 1. The van der Waals surface area contributed by atoms with E-state index in [1.54, 1.807) is 18.2 Å². The predicted molar refractivity (Wildman–Crippen MR) is 70.6 cm³/mol. The van der Waals surface area contributed by atoms with Crippen LogP contribution >= 0.6 is 0 Å². The molecule has 102 valence electrons. The molecule has 1 aromatic carbocycles. The predicted octanol–water partition coefficient (Wildman–Crippen LogP) is 1.16. The van der Waals surface area contributed by atoms with Gasteiger partial charge in [0.2, 0.25) is 5.91 Å². The van der Waals surface area contributed by atoms with Crippen molar-refractivity contribution in [1.82, 2.24) is 4.90 Å². The van der Waals surface area contributed by atoms with Gasteiger partial charge in [-0.3, -0.25) is 4.79 Å². The molecule has 0 aromatic heterocycles. The molecule has 1 aliphatic heterocycles. The number of aromatic hydroxyl groups is 1. The minimum Gasteiger partial charge on any atom is -0.508 e. The average Bonchev–Trinajstić information content (AvgIpc) is 2.95. The molecule has 2 fully saturated rings. The maximum Gasteiger partial charge on any atom is 0.227 e. The van der Waals surface area contributed by atoms with Gasteiger partial charge in [-0.05, 0) is 24.8 Å². The van der Waals surface area contributed by atoms with Gasteiger partial charge in [0.15, 0.2) is 0 Å². The van der Waals surface area contributed by atoms with Crippen LogP contribution in [0.1, 0.15) is 18.4 Å². The van der Waals surface area contributed by atoms with E-state index < -0.39 is 0 Å². The van der Waals surface area contributed by atoms with Crippen LogP contribution in [0.25, 0.3) is 0 Å². The molecule has 4 heteroatoms. The summed E-state index contributed by atoms with van der Waals surface area (Å²) < 4.78 is 0. The number of aliphatic hydroxyl groups excluding tert-OH is 1. The Morgan fingerprint density at radius 2 is 2.05 bits per heavy atom. The number of hydrogen-bond donors (Lipinski definition) is 2. The molecular weight excluding hydrogens is 242 g/mol. The number of fused-ring (bicyclic) bond motifs is 1. The number of likely N-dealkylation sites (tertiary alicyclic amines) is 1. The highest BCUT2D eigenvalue weighted by molar-refractivity contribution is 5.79. The maximum absolute atomic E-state index is 12.2. The van der Waals surface area contributed by atoms with E-state index in [0.717, 1.165) is 19.4 Å². The van der Waals surface area contributed by atoms with E-state index in [2.05, 4.69) is 0 Å². The van der Waals surface area contributed by atoms with Gasteiger partial charge in [0.05, 0.1) is 12.5 Å². The number of para-hydroxylation sites is 1. The van der Waals surface area contributed by atoms with Crippen molar-refractivity contribution in [2.45, 2.75) is 25.4 Å². The minimum absolute atomic E-state index is 0.0445. The number of phenolic OH excluding ortho intramolecular Hbond substituents is 1. The maximum atomic E-state index is 12.2. The number of hydrogen-bond acceptors (Lipinski definition) is 3. The van der Waals surface area contributed by atoms with Gasteiger partial charge in [0.25, 0.3) is 0 Å². The molecule has 0 spiro atoms. The second-order valence-corrected chi connectivity index (χ2v) is 5.67. The Hall–Kier alpha value is -1.55. The van der Waals surface area contributed by atoms with E-state index in [1.165, 1.54) is 0 Å². The number of carbonyl (C=O) groups excluding carboxylic acids is 1. The first-order valence-corrected chi connectivity index (χ1v) is 6.88. The van der Waals surface area contributed by atoms with Crippen molar-refractivity contribution >= 4 is 5.91 Å². The molecule has 1 aliphatic carbocycles. The van der Waals surface area contributed by atoms with Crippen molar-refractivity contribution in [1.29, 1.82) is 0 Å². The minimum atomic E-state index is -0.243. The van der Waals surface area contributed by atoms with Gasteiger partial charge in [-0.15, -0.1) is 0 Å². The summed E-state index contributed by atoms with van der Waals surface area (Å²) in [5.41, 5.74) is 0.671. The Balaban J connectivity index is 1.65. The molecule has 2 N–H and O–H groups in total. The van der Waals surface area contributed by atoms with Crippen molar-refractivity contribution in [3.05, 3.63) is 29.8 Å². The largest absolute Gasteiger partial charge is 0.508 e. The molecule has 0 bridgehead atoms. The highest BCUT2D eigenvalue weighted by Gasteiger charge is 2.43. The van der Waals surface area contributed by atoms with E-state index in [9.17, 15) is 15.0 Å². The number of nitrogens with zero attached hydrogens (tertiary/aromatic N) is 1. The van der Waals surface area contributed by atoms with Crippen molar-refractivity contribution in [2.24, 2.45) is 11.8 Å². The summed E-state index contributed by atoms with van der Waals surface area (Å²) in [7, 11) is 0. The average molecular weight is 261 g/mol. The zero-order chi connectivity index (χ0) is 13.4. The number of aliphatic hydroxyl groups is 1. The highest BCUT2D eigenvalue weighted by atomic mass is 16.3. The van der Waals surface area contributed by atoms with Crippen molar-refractivity contribution in [3.8, 4) is 5.75 Å². The first kappa shape index (κ1) is 12.5. The fourth-order valence-corrected chi connectivity index (χ4v) is 3.38. The summed E-state index contributed by atoms with van der Waals surface area (Å²) in [6.07, 6.45) is 1.89. The molecule has 0 radical (unpaired) electrons. The molecule has 3 rings (SSSR count). The molecule has 1 saturated carbocycles. The molecule has 3 atom stereocenters. The monoisotopic (exact) mass is 261 g/mol. The molecule has 3 unspecified atom stereocenters. The molecule has 1 aromatic rings. The van der Waals surface area contributed by atoms with Gasteiger partial charge in [-0.1, -0.05) is 18.2 Å². The van der Waals surface area contributed by atoms with Gasteiger partial charge in [-0.2, -0.15) is 0 Å². The third kappa shape index (κ3) is 2.32. The lowest BCUT2D eigenvalue weighted by molar-refractivity contribution is -0.129. The van der Waals surface area contributed by atoms with Gasteiger partial charge in [-0.25, -0.2) is 0 Å². The van der Waals surface area contributed by atoms with E-state index in [-0.39, 0.29) is 30.1 Å². The number of rotatable bonds is 2. The summed E-state index contributed by atoms with van der Waals surface area (Å²) in [5, 5.41) is 19.5. The third-order valence-corrected chi connectivity index (χ3v) is 4.51. The number of amides is 1. The van der Waals surface area contributed by atoms with Crippen molar-refractivity contribution in [2.75, 3.05) is 13.1 Å². The highest BCUT2D eigenvalue weighted by Crippen LogP contribution is 2.38. The summed E-state index contributed by atoms with van der Waals surface area (Å²) in [5.74, 6) is 0.940. The molecule has 1 heterocycles. The van der Waals surface area contributed by atoms with E-state index in [0.29, 0.717) is 18.0 Å². The van der Waals surface area contributed by atoms with Gasteiger partial charge < -0.3 is 15.1 Å². The van der Waals surface area contributed by atoms with Crippen LogP contribution in [0, 0.1) is 11.8 Å². The Kier molecular flexibility index (Phi) is 3.19. The van der Waals surface area contributed by atoms with Crippen LogP contribution in [-0.4, -0.2) is 40.2 Å².